The van der Waals surface area contributed by atoms with E-state index in [1.165, 1.54) is 30.3 Å². The highest BCUT2D eigenvalue weighted by atomic mass is 15.2. The Morgan fingerprint density at radius 3 is 2.88 bits per heavy atom. The Morgan fingerprint density at radius 2 is 2.08 bits per heavy atom. The van der Waals surface area contributed by atoms with Gasteiger partial charge in [-0.25, -0.2) is 4.98 Å². The summed E-state index contributed by atoms with van der Waals surface area (Å²) in [6.45, 7) is 4.74. The molecule has 1 atom stereocenters. The third kappa shape index (κ3) is 3.15. The largest absolute Gasteiger partial charge is 0.300 e. The minimum atomic E-state index is 0.738. The molecule has 1 aliphatic heterocycles. The molecule has 0 spiro atoms. The van der Waals surface area contributed by atoms with Crippen LogP contribution in [0.1, 0.15) is 25.3 Å². The SMILES string of the molecule is CC1CCCN1CCc1ccc2nc(-c3cnccn3)ccc2c1. The molecule has 3 heterocycles. The summed E-state index contributed by atoms with van der Waals surface area (Å²) in [5.41, 5.74) is 4.08. The molecule has 0 radical (unpaired) electrons. The lowest BCUT2D eigenvalue weighted by molar-refractivity contribution is 0.272. The molecule has 1 fully saturated rings. The Labute approximate surface area is 142 Å². The molecule has 122 valence electrons. The molecule has 1 unspecified atom stereocenters. The maximum Gasteiger partial charge on any atom is 0.107 e. The quantitative estimate of drug-likeness (QED) is 0.735. The summed E-state index contributed by atoms with van der Waals surface area (Å²) in [5, 5.41) is 1.19. The number of aromatic nitrogens is 3. The van der Waals surface area contributed by atoms with Gasteiger partial charge in [-0.3, -0.25) is 9.97 Å². The van der Waals surface area contributed by atoms with Crippen molar-refractivity contribution < 1.29 is 0 Å². The maximum atomic E-state index is 4.72. The van der Waals surface area contributed by atoms with E-state index in [4.69, 9.17) is 4.98 Å². The lowest BCUT2D eigenvalue weighted by Gasteiger charge is -2.20. The van der Waals surface area contributed by atoms with Crippen molar-refractivity contribution in [2.45, 2.75) is 32.2 Å². The molecular weight excluding hydrogens is 296 g/mol. The number of hydrogen-bond acceptors (Lipinski definition) is 4. The molecule has 0 N–H and O–H groups in total. The highest BCUT2D eigenvalue weighted by Gasteiger charge is 2.19. The Kier molecular flexibility index (Phi) is 4.22. The number of hydrogen-bond donors (Lipinski definition) is 0. The molecule has 4 rings (SSSR count). The number of fused-ring (bicyclic) bond motifs is 1. The van der Waals surface area contributed by atoms with Crippen LogP contribution < -0.4 is 0 Å². The van der Waals surface area contributed by atoms with Gasteiger partial charge in [0.1, 0.15) is 5.69 Å². The third-order valence-corrected chi connectivity index (χ3v) is 4.96. The standard InChI is InChI=1S/C20H22N4/c1-15-3-2-11-24(15)12-8-16-4-6-18-17(13-16)5-7-19(23-18)20-14-21-9-10-22-20/h4-7,9-10,13-15H,2-3,8,11-12H2,1H3. The van der Waals surface area contributed by atoms with Gasteiger partial charge in [0.25, 0.3) is 0 Å². The third-order valence-electron chi connectivity index (χ3n) is 4.96. The van der Waals surface area contributed by atoms with Gasteiger partial charge in [-0.15, -0.1) is 0 Å². The minimum Gasteiger partial charge on any atom is -0.300 e. The first-order valence-electron chi connectivity index (χ1n) is 8.70. The van der Waals surface area contributed by atoms with Crippen LogP contribution in [-0.2, 0) is 6.42 Å². The van der Waals surface area contributed by atoms with Crippen LogP contribution in [0.5, 0.6) is 0 Å². The van der Waals surface area contributed by atoms with E-state index in [-0.39, 0.29) is 0 Å². The molecule has 1 aliphatic rings. The Bertz CT molecular complexity index is 831. The van der Waals surface area contributed by atoms with Crippen LogP contribution in [0.4, 0.5) is 0 Å². The van der Waals surface area contributed by atoms with Gasteiger partial charge >= 0.3 is 0 Å². The molecule has 0 aliphatic carbocycles. The number of likely N-dealkylation sites (tertiary alicyclic amines) is 1. The van der Waals surface area contributed by atoms with Crippen LogP contribution in [0.25, 0.3) is 22.3 Å². The Balaban J connectivity index is 1.53. The zero-order chi connectivity index (χ0) is 16.4. The first-order valence-corrected chi connectivity index (χ1v) is 8.70. The van der Waals surface area contributed by atoms with Gasteiger partial charge in [0.2, 0.25) is 0 Å². The van der Waals surface area contributed by atoms with Crippen molar-refractivity contribution in [2.24, 2.45) is 0 Å². The Hall–Kier alpha value is -2.33. The zero-order valence-electron chi connectivity index (χ0n) is 14.0. The summed E-state index contributed by atoms with van der Waals surface area (Å²) in [7, 11) is 0. The van der Waals surface area contributed by atoms with Gasteiger partial charge in [0.05, 0.1) is 17.4 Å². The van der Waals surface area contributed by atoms with E-state index >= 15 is 0 Å². The lowest BCUT2D eigenvalue weighted by atomic mass is 10.1. The summed E-state index contributed by atoms with van der Waals surface area (Å²) in [5.74, 6) is 0. The van der Waals surface area contributed by atoms with Gasteiger partial charge in [-0.05, 0) is 56.5 Å². The van der Waals surface area contributed by atoms with Crippen molar-refractivity contribution >= 4 is 10.9 Å². The number of rotatable bonds is 4. The van der Waals surface area contributed by atoms with Gasteiger partial charge in [-0.1, -0.05) is 12.1 Å². The van der Waals surface area contributed by atoms with Crippen molar-refractivity contribution in [2.75, 3.05) is 13.1 Å². The number of benzene rings is 1. The molecule has 1 aromatic carbocycles. The van der Waals surface area contributed by atoms with E-state index in [2.05, 4.69) is 46.1 Å². The highest BCUT2D eigenvalue weighted by molar-refractivity contribution is 5.81. The van der Waals surface area contributed by atoms with Crippen molar-refractivity contribution in [3.63, 3.8) is 0 Å². The molecular formula is C20H22N4. The van der Waals surface area contributed by atoms with E-state index in [1.54, 1.807) is 18.6 Å². The van der Waals surface area contributed by atoms with E-state index < -0.39 is 0 Å². The fourth-order valence-electron chi connectivity index (χ4n) is 3.50. The van der Waals surface area contributed by atoms with Gasteiger partial charge < -0.3 is 4.90 Å². The van der Waals surface area contributed by atoms with E-state index in [0.29, 0.717) is 0 Å². The maximum absolute atomic E-state index is 4.72. The predicted octanol–water partition coefficient (Wildman–Crippen LogP) is 3.72. The van der Waals surface area contributed by atoms with Crippen LogP contribution in [0, 0.1) is 0 Å². The summed E-state index contributed by atoms with van der Waals surface area (Å²) >= 11 is 0. The van der Waals surface area contributed by atoms with Gasteiger partial charge in [0, 0.05) is 30.4 Å². The van der Waals surface area contributed by atoms with E-state index in [1.807, 2.05) is 6.07 Å². The molecule has 4 heteroatoms. The minimum absolute atomic E-state index is 0.738. The van der Waals surface area contributed by atoms with Crippen molar-refractivity contribution in [3.8, 4) is 11.4 Å². The topological polar surface area (TPSA) is 41.9 Å². The summed E-state index contributed by atoms with van der Waals surface area (Å²) < 4.78 is 0. The molecule has 0 amide bonds. The molecule has 0 bridgehead atoms. The van der Waals surface area contributed by atoms with Crippen LogP contribution in [0.15, 0.2) is 48.9 Å². The Morgan fingerprint density at radius 1 is 1.12 bits per heavy atom. The van der Waals surface area contributed by atoms with E-state index in [0.717, 1.165) is 35.9 Å². The lowest BCUT2D eigenvalue weighted by Crippen LogP contribution is -2.28. The first-order chi connectivity index (χ1) is 11.8. The smallest absolute Gasteiger partial charge is 0.107 e. The molecule has 0 saturated carbocycles. The average molecular weight is 318 g/mol. The predicted molar refractivity (Wildman–Crippen MR) is 96.7 cm³/mol. The molecule has 3 aromatic rings. The average Bonchev–Trinajstić information content (AvgIpc) is 3.05. The fraction of sp³-hybridized carbons (Fsp3) is 0.350. The second-order valence-corrected chi connectivity index (χ2v) is 6.59. The van der Waals surface area contributed by atoms with Crippen molar-refractivity contribution in [3.05, 3.63) is 54.5 Å². The van der Waals surface area contributed by atoms with Crippen LogP contribution in [-0.4, -0.2) is 39.0 Å². The molecule has 2 aromatic heterocycles. The molecule has 24 heavy (non-hydrogen) atoms. The molecule has 4 nitrogen and oxygen atoms in total. The molecule has 1 saturated heterocycles. The second kappa shape index (κ2) is 6.65. The van der Waals surface area contributed by atoms with Gasteiger partial charge in [-0.2, -0.15) is 0 Å². The van der Waals surface area contributed by atoms with Crippen LogP contribution >= 0.6 is 0 Å². The van der Waals surface area contributed by atoms with Crippen molar-refractivity contribution in [1.82, 2.24) is 19.9 Å². The highest BCUT2D eigenvalue weighted by Crippen LogP contribution is 2.21. The fourth-order valence-corrected chi connectivity index (χ4v) is 3.50. The zero-order valence-corrected chi connectivity index (χ0v) is 14.0. The van der Waals surface area contributed by atoms with E-state index in [9.17, 15) is 0 Å². The first kappa shape index (κ1) is 15.2. The van der Waals surface area contributed by atoms with Gasteiger partial charge in [0.15, 0.2) is 0 Å². The summed E-state index contributed by atoms with van der Waals surface area (Å²) in [4.78, 5) is 15.8. The number of pyridine rings is 1. The summed E-state index contributed by atoms with van der Waals surface area (Å²) in [6.07, 6.45) is 8.91. The summed E-state index contributed by atoms with van der Waals surface area (Å²) in [6, 6.07) is 11.5. The van der Waals surface area contributed by atoms with Crippen molar-refractivity contribution in [1.29, 1.82) is 0 Å². The normalized spacial score (nSPS) is 18.3. The van der Waals surface area contributed by atoms with Crippen LogP contribution in [0.2, 0.25) is 0 Å². The van der Waals surface area contributed by atoms with Crippen LogP contribution in [0.3, 0.4) is 0 Å². The monoisotopic (exact) mass is 318 g/mol. The number of nitrogens with zero attached hydrogens (tertiary/aromatic N) is 4. The second-order valence-electron chi connectivity index (χ2n) is 6.59.